The normalized spacial score (nSPS) is 21.2. The molecule has 0 radical (unpaired) electrons. The van der Waals surface area contributed by atoms with Crippen molar-refractivity contribution in [1.29, 1.82) is 5.26 Å². The van der Waals surface area contributed by atoms with Gasteiger partial charge in [-0.15, -0.1) is 0 Å². The van der Waals surface area contributed by atoms with Crippen LogP contribution in [-0.4, -0.2) is 15.0 Å². The summed E-state index contributed by atoms with van der Waals surface area (Å²) in [5.74, 6) is 3.54. The molecule has 60 heavy (non-hydrogen) atoms. The Hall–Kier alpha value is -6.96. The van der Waals surface area contributed by atoms with E-state index in [-0.39, 0.29) is 0 Å². The first-order valence-corrected chi connectivity index (χ1v) is 21.3. The third kappa shape index (κ3) is 6.08. The molecule has 2 bridgehead atoms. The highest BCUT2D eigenvalue weighted by molar-refractivity contribution is 5.88. The van der Waals surface area contributed by atoms with E-state index in [0.717, 1.165) is 73.0 Å². The Morgan fingerprint density at radius 3 is 1.50 bits per heavy atom. The molecule has 3 saturated carbocycles. The van der Waals surface area contributed by atoms with Gasteiger partial charge in [-0.1, -0.05) is 165 Å². The van der Waals surface area contributed by atoms with Crippen LogP contribution in [0, 0.1) is 28.6 Å². The van der Waals surface area contributed by atoms with Crippen LogP contribution >= 0.6 is 0 Å². The summed E-state index contributed by atoms with van der Waals surface area (Å²) in [4.78, 5) is 15.8. The van der Waals surface area contributed by atoms with Crippen molar-refractivity contribution in [3.63, 3.8) is 0 Å². The average Bonchev–Trinajstić information content (AvgIpc) is 3.83. The SMILES string of the molecule is C[C@@]12CC3(c4ccc(-c5ccc(-c6nc(-c7ccccc7-c7ccccc7)nc(-c7ccccc7-c7ccccc7)n6)cc5-c5cccc(C#N)c5)cc4)C[C@H]1CC[C@H]2C3. The lowest BCUT2D eigenvalue weighted by molar-refractivity contribution is 0.195. The van der Waals surface area contributed by atoms with Gasteiger partial charge in [0.15, 0.2) is 17.5 Å². The fraction of sp³-hybridized carbons (Fsp3) is 0.179. The van der Waals surface area contributed by atoms with Crippen molar-refractivity contribution >= 4 is 0 Å². The van der Waals surface area contributed by atoms with Gasteiger partial charge in [0.2, 0.25) is 0 Å². The molecule has 8 aromatic rings. The molecule has 3 fully saturated rings. The van der Waals surface area contributed by atoms with Crippen LogP contribution in [0.15, 0.2) is 176 Å². The van der Waals surface area contributed by atoms with Gasteiger partial charge in [-0.25, -0.2) is 15.0 Å². The standard InChI is InChI=1S/C56H44N4/c1-55-36-56(33-44(55)28-29-45(55)34-56)43-26-23-40(24-27-43)48-30-25-42(32-51(48)41-18-12-13-37(31-41)35-57)52-58-53(49-21-10-8-19-46(49)38-14-4-2-5-15-38)60-54(59-52)50-22-11-9-20-47(50)39-16-6-3-7-17-39/h2-27,30-32,44-45H,28-29,33-34,36H2,1H3/t44-,45+,55-,56?. The molecule has 3 aliphatic carbocycles. The number of nitriles is 1. The van der Waals surface area contributed by atoms with E-state index in [2.05, 4.69) is 146 Å². The minimum Gasteiger partial charge on any atom is -0.208 e. The van der Waals surface area contributed by atoms with Gasteiger partial charge >= 0.3 is 0 Å². The molecule has 11 rings (SSSR count). The number of hydrogen-bond acceptors (Lipinski definition) is 4. The van der Waals surface area contributed by atoms with Crippen LogP contribution in [-0.2, 0) is 5.41 Å². The van der Waals surface area contributed by atoms with Crippen molar-refractivity contribution in [2.75, 3.05) is 0 Å². The first kappa shape index (κ1) is 36.1. The third-order valence-electron chi connectivity index (χ3n) is 14.3. The molecule has 1 unspecified atom stereocenters. The predicted molar refractivity (Wildman–Crippen MR) is 242 cm³/mol. The molecule has 0 spiro atoms. The van der Waals surface area contributed by atoms with Crippen LogP contribution < -0.4 is 0 Å². The quantitative estimate of drug-likeness (QED) is 0.154. The number of rotatable bonds is 8. The van der Waals surface area contributed by atoms with Crippen LogP contribution in [0.4, 0.5) is 0 Å². The summed E-state index contributed by atoms with van der Waals surface area (Å²) in [5, 5.41) is 9.98. The zero-order chi connectivity index (χ0) is 40.3. The highest BCUT2D eigenvalue weighted by Gasteiger charge is 2.65. The molecule has 288 valence electrons. The Morgan fingerprint density at radius 1 is 0.450 bits per heavy atom. The highest BCUT2D eigenvalue weighted by atomic mass is 15.0. The fourth-order valence-corrected chi connectivity index (χ4v) is 11.4. The molecule has 1 aromatic heterocycles. The van der Waals surface area contributed by atoms with E-state index < -0.39 is 0 Å². The van der Waals surface area contributed by atoms with E-state index in [1.165, 1.54) is 37.7 Å². The average molecular weight is 773 g/mol. The lowest BCUT2D eigenvalue weighted by Crippen LogP contribution is -2.26. The van der Waals surface area contributed by atoms with Crippen LogP contribution in [0.1, 0.15) is 50.2 Å². The molecular weight excluding hydrogens is 729 g/mol. The number of fused-ring (bicyclic) bond motifs is 1. The summed E-state index contributed by atoms with van der Waals surface area (Å²) in [6, 6.07) is 63.8. The molecule has 1 heterocycles. The van der Waals surface area contributed by atoms with Crippen molar-refractivity contribution in [2.24, 2.45) is 17.3 Å². The van der Waals surface area contributed by atoms with Crippen LogP contribution in [0.3, 0.4) is 0 Å². The monoisotopic (exact) mass is 772 g/mol. The van der Waals surface area contributed by atoms with Crippen molar-refractivity contribution in [3.8, 4) is 84.7 Å². The van der Waals surface area contributed by atoms with E-state index in [1.807, 2.05) is 42.5 Å². The maximum Gasteiger partial charge on any atom is 0.164 e. The van der Waals surface area contributed by atoms with Crippen molar-refractivity contribution < 1.29 is 0 Å². The van der Waals surface area contributed by atoms with E-state index in [1.54, 1.807) is 0 Å². The number of nitrogens with zero attached hydrogens (tertiary/aromatic N) is 4. The Kier molecular flexibility index (Phi) is 8.67. The largest absolute Gasteiger partial charge is 0.208 e. The zero-order valence-corrected chi connectivity index (χ0v) is 33.7. The second-order valence-corrected chi connectivity index (χ2v) is 17.5. The number of aromatic nitrogens is 3. The molecule has 7 aromatic carbocycles. The van der Waals surface area contributed by atoms with Crippen LogP contribution in [0.5, 0.6) is 0 Å². The Labute approximate surface area is 352 Å². The fourth-order valence-electron chi connectivity index (χ4n) is 11.4. The van der Waals surface area contributed by atoms with Crippen LogP contribution in [0.2, 0.25) is 0 Å². The number of benzene rings is 7. The van der Waals surface area contributed by atoms with Gasteiger partial charge in [0.05, 0.1) is 11.6 Å². The maximum atomic E-state index is 9.98. The van der Waals surface area contributed by atoms with E-state index in [9.17, 15) is 5.26 Å². The first-order valence-electron chi connectivity index (χ1n) is 21.3. The summed E-state index contributed by atoms with van der Waals surface area (Å²) in [5.41, 5.74) is 14.3. The Balaban J connectivity index is 1.07. The maximum absolute atomic E-state index is 9.98. The van der Waals surface area contributed by atoms with Gasteiger partial charge in [-0.3, -0.25) is 0 Å². The van der Waals surface area contributed by atoms with Crippen molar-refractivity contribution in [2.45, 2.75) is 44.4 Å². The molecule has 3 aliphatic rings. The minimum atomic E-state index is 0.319. The molecule has 0 amide bonds. The lowest BCUT2D eigenvalue weighted by Gasteiger charge is -2.33. The van der Waals surface area contributed by atoms with Crippen molar-refractivity contribution in [3.05, 3.63) is 187 Å². The molecule has 0 aliphatic heterocycles. The summed E-state index contributed by atoms with van der Waals surface area (Å²) < 4.78 is 0. The first-order chi connectivity index (χ1) is 29.5. The lowest BCUT2D eigenvalue weighted by atomic mass is 9.72. The van der Waals surface area contributed by atoms with E-state index in [0.29, 0.717) is 33.9 Å². The molecule has 0 saturated heterocycles. The molecule has 0 N–H and O–H groups in total. The zero-order valence-electron chi connectivity index (χ0n) is 33.7. The Bertz CT molecular complexity index is 2830. The smallest absolute Gasteiger partial charge is 0.164 e. The van der Waals surface area contributed by atoms with Gasteiger partial charge in [0, 0.05) is 16.7 Å². The summed E-state index contributed by atoms with van der Waals surface area (Å²) in [6.45, 7) is 2.57. The van der Waals surface area contributed by atoms with Gasteiger partial charge < -0.3 is 0 Å². The summed E-state index contributed by atoms with van der Waals surface area (Å²) >= 11 is 0. The third-order valence-corrected chi connectivity index (χ3v) is 14.3. The van der Waals surface area contributed by atoms with Gasteiger partial charge in [-0.2, -0.15) is 5.26 Å². The number of hydrogen-bond donors (Lipinski definition) is 0. The van der Waals surface area contributed by atoms with Gasteiger partial charge in [-0.05, 0) is 123 Å². The second kappa shape index (κ2) is 14.4. The molecule has 4 atom stereocenters. The minimum absolute atomic E-state index is 0.319. The molecular formula is C56H44N4. The van der Waals surface area contributed by atoms with Crippen LogP contribution in [0.25, 0.3) is 78.7 Å². The van der Waals surface area contributed by atoms with E-state index in [4.69, 9.17) is 15.0 Å². The van der Waals surface area contributed by atoms with Crippen molar-refractivity contribution in [1.82, 2.24) is 15.0 Å². The molecule has 4 nitrogen and oxygen atoms in total. The van der Waals surface area contributed by atoms with Gasteiger partial charge in [0.1, 0.15) is 0 Å². The predicted octanol–water partition coefficient (Wildman–Crippen LogP) is 13.9. The Morgan fingerprint density at radius 2 is 0.933 bits per heavy atom. The topological polar surface area (TPSA) is 62.5 Å². The second-order valence-electron chi connectivity index (χ2n) is 17.5. The van der Waals surface area contributed by atoms with E-state index >= 15 is 0 Å². The summed E-state index contributed by atoms with van der Waals surface area (Å²) in [7, 11) is 0. The van der Waals surface area contributed by atoms with Gasteiger partial charge in [0.25, 0.3) is 0 Å². The highest BCUT2D eigenvalue weighted by Crippen LogP contribution is 2.72. The molecule has 4 heteroatoms. The summed E-state index contributed by atoms with van der Waals surface area (Å²) in [6.07, 6.45) is 6.81.